The normalized spacial score (nSPS) is 11.5. The van der Waals surface area contributed by atoms with E-state index in [2.05, 4.69) is 5.32 Å². The highest BCUT2D eigenvalue weighted by atomic mass is 16.4. The number of carbonyl (C=O) groups is 2. The van der Waals surface area contributed by atoms with Gasteiger partial charge in [-0.3, -0.25) is 9.59 Å². The third-order valence-corrected chi connectivity index (χ3v) is 4.01. The van der Waals surface area contributed by atoms with Gasteiger partial charge >= 0.3 is 7.12 Å². The van der Waals surface area contributed by atoms with Gasteiger partial charge < -0.3 is 15.4 Å². The molecule has 0 aliphatic heterocycles. The summed E-state index contributed by atoms with van der Waals surface area (Å²) in [4.78, 5) is 25.2. The number of carbonyl (C=O) groups excluding carboxylic acids is 2. The van der Waals surface area contributed by atoms with Crippen molar-refractivity contribution in [2.24, 2.45) is 5.92 Å². The Kier molecular flexibility index (Phi) is 6.28. The third-order valence-electron chi connectivity index (χ3n) is 4.01. The van der Waals surface area contributed by atoms with E-state index in [1.807, 2.05) is 19.9 Å². The lowest BCUT2D eigenvalue weighted by molar-refractivity contribution is 0.0831. The first-order chi connectivity index (χ1) is 12.3. The van der Waals surface area contributed by atoms with Crippen molar-refractivity contribution in [3.63, 3.8) is 0 Å². The quantitative estimate of drug-likeness (QED) is 0.529. The summed E-state index contributed by atoms with van der Waals surface area (Å²) in [5.74, 6) is -0.800. The summed E-state index contributed by atoms with van der Waals surface area (Å²) in [7, 11) is -1.60. The molecule has 2 aromatic rings. The highest BCUT2D eigenvalue weighted by molar-refractivity contribution is 6.58. The maximum absolute atomic E-state index is 12.7. The van der Waals surface area contributed by atoms with E-state index in [0.29, 0.717) is 16.7 Å². The standard InChI is InChI=1S/C19H19BN2O4/c1-12(2)17(18(23)14-5-3-13(11-21)4-6-14)22-19(24)15-7-9-16(10-8-15)20(25)26/h3-10,12,17,25-26H,1-2H3,(H,22,24). The zero-order valence-corrected chi connectivity index (χ0v) is 14.5. The molecule has 0 bridgehead atoms. The van der Waals surface area contributed by atoms with Crippen molar-refractivity contribution in [2.45, 2.75) is 19.9 Å². The molecule has 0 spiro atoms. The molecular weight excluding hydrogens is 331 g/mol. The predicted molar refractivity (Wildman–Crippen MR) is 97.8 cm³/mol. The van der Waals surface area contributed by atoms with E-state index in [1.54, 1.807) is 24.3 Å². The van der Waals surface area contributed by atoms with Crippen LogP contribution in [-0.4, -0.2) is 34.9 Å². The Bertz CT molecular complexity index is 824. The van der Waals surface area contributed by atoms with E-state index in [-0.39, 0.29) is 17.2 Å². The summed E-state index contributed by atoms with van der Waals surface area (Å²) < 4.78 is 0. The molecule has 0 saturated carbocycles. The van der Waals surface area contributed by atoms with Crippen LogP contribution >= 0.6 is 0 Å². The summed E-state index contributed by atoms with van der Waals surface area (Å²) in [6.45, 7) is 3.66. The van der Waals surface area contributed by atoms with Crippen LogP contribution in [0.2, 0.25) is 0 Å². The van der Waals surface area contributed by atoms with Crippen LogP contribution in [0.4, 0.5) is 0 Å². The number of Topliss-reactive ketones (excluding diaryl/α,β-unsaturated/α-hetero) is 1. The van der Waals surface area contributed by atoms with Crippen molar-refractivity contribution in [1.29, 1.82) is 5.26 Å². The Hall–Kier alpha value is -2.95. The average molecular weight is 350 g/mol. The number of nitrogens with zero attached hydrogens (tertiary/aromatic N) is 1. The van der Waals surface area contributed by atoms with Gasteiger partial charge in [-0.15, -0.1) is 0 Å². The van der Waals surface area contributed by atoms with E-state index >= 15 is 0 Å². The second-order valence-corrected chi connectivity index (χ2v) is 6.24. The molecule has 0 fully saturated rings. The molecule has 7 heteroatoms. The lowest BCUT2D eigenvalue weighted by Crippen LogP contribution is -2.44. The third kappa shape index (κ3) is 4.57. The van der Waals surface area contributed by atoms with Crippen molar-refractivity contribution in [2.75, 3.05) is 0 Å². The summed E-state index contributed by atoms with van der Waals surface area (Å²) in [6.07, 6.45) is 0. The molecule has 0 aliphatic carbocycles. The number of hydrogen-bond donors (Lipinski definition) is 3. The van der Waals surface area contributed by atoms with E-state index < -0.39 is 19.1 Å². The van der Waals surface area contributed by atoms with E-state index in [0.717, 1.165) is 0 Å². The highest BCUT2D eigenvalue weighted by Gasteiger charge is 2.26. The Balaban J connectivity index is 2.17. The fourth-order valence-electron chi connectivity index (χ4n) is 2.45. The van der Waals surface area contributed by atoms with Gasteiger partial charge in [-0.25, -0.2) is 0 Å². The first-order valence-corrected chi connectivity index (χ1v) is 8.15. The van der Waals surface area contributed by atoms with E-state index in [1.165, 1.54) is 24.3 Å². The van der Waals surface area contributed by atoms with Crippen molar-refractivity contribution < 1.29 is 19.6 Å². The van der Waals surface area contributed by atoms with Crippen LogP contribution in [0, 0.1) is 17.2 Å². The molecule has 2 aromatic carbocycles. The second-order valence-electron chi connectivity index (χ2n) is 6.24. The molecule has 3 N–H and O–H groups in total. The number of nitrogens with one attached hydrogen (secondary N) is 1. The molecule has 0 radical (unpaired) electrons. The molecule has 0 heterocycles. The van der Waals surface area contributed by atoms with Crippen molar-refractivity contribution in [3.8, 4) is 6.07 Å². The molecule has 0 aliphatic rings. The zero-order chi connectivity index (χ0) is 19.3. The van der Waals surface area contributed by atoms with E-state index in [9.17, 15) is 9.59 Å². The smallest absolute Gasteiger partial charge is 0.423 e. The summed E-state index contributed by atoms with van der Waals surface area (Å²) in [6, 6.07) is 13.3. The van der Waals surface area contributed by atoms with Gasteiger partial charge in [0.1, 0.15) is 0 Å². The molecular formula is C19H19BN2O4. The van der Waals surface area contributed by atoms with Gasteiger partial charge in [0.15, 0.2) is 5.78 Å². The Labute approximate surface area is 152 Å². The summed E-state index contributed by atoms with van der Waals surface area (Å²) in [5, 5.41) is 29.8. The minimum Gasteiger partial charge on any atom is -0.423 e. The number of hydrogen-bond acceptors (Lipinski definition) is 5. The van der Waals surface area contributed by atoms with Gasteiger partial charge in [0.25, 0.3) is 5.91 Å². The Morgan fingerprint density at radius 3 is 2.00 bits per heavy atom. The van der Waals surface area contributed by atoms with Crippen LogP contribution in [-0.2, 0) is 0 Å². The van der Waals surface area contributed by atoms with Gasteiger partial charge in [0.05, 0.1) is 17.7 Å². The molecule has 1 amide bonds. The molecule has 0 aromatic heterocycles. The van der Waals surface area contributed by atoms with Crippen LogP contribution < -0.4 is 10.8 Å². The van der Waals surface area contributed by atoms with E-state index in [4.69, 9.17) is 15.3 Å². The highest BCUT2D eigenvalue weighted by Crippen LogP contribution is 2.13. The number of ketones is 1. The average Bonchev–Trinajstić information content (AvgIpc) is 2.65. The van der Waals surface area contributed by atoms with Crippen LogP contribution in [0.5, 0.6) is 0 Å². The number of rotatable bonds is 6. The number of nitriles is 1. The SMILES string of the molecule is CC(C)C(NC(=O)c1ccc(B(O)O)cc1)C(=O)c1ccc(C#N)cc1. The van der Waals surface area contributed by atoms with Gasteiger partial charge in [-0.1, -0.05) is 38.1 Å². The van der Waals surface area contributed by atoms with Gasteiger partial charge in [0.2, 0.25) is 0 Å². The van der Waals surface area contributed by atoms with Crippen molar-refractivity contribution >= 4 is 24.3 Å². The van der Waals surface area contributed by atoms with Crippen LogP contribution in [0.15, 0.2) is 48.5 Å². The number of amides is 1. The maximum Gasteiger partial charge on any atom is 0.488 e. The first-order valence-electron chi connectivity index (χ1n) is 8.15. The summed E-state index contributed by atoms with van der Waals surface area (Å²) >= 11 is 0. The largest absolute Gasteiger partial charge is 0.488 e. The number of benzene rings is 2. The van der Waals surface area contributed by atoms with Gasteiger partial charge in [-0.2, -0.15) is 5.26 Å². The Morgan fingerprint density at radius 2 is 1.54 bits per heavy atom. The zero-order valence-electron chi connectivity index (χ0n) is 14.5. The molecule has 1 atom stereocenters. The molecule has 26 heavy (non-hydrogen) atoms. The van der Waals surface area contributed by atoms with Crippen molar-refractivity contribution in [3.05, 3.63) is 65.2 Å². The predicted octanol–water partition coefficient (Wildman–Crippen LogP) is 0.875. The first kappa shape index (κ1) is 19.4. The fraction of sp³-hybridized carbons (Fsp3) is 0.211. The molecule has 132 valence electrons. The summed E-state index contributed by atoms with van der Waals surface area (Å²) in [5.41, 5.74) is 1.46. The van der Waals surface area contributed by atoms with Crippen molar-refractivity contribution in [1.82, 2.24) is 5.32 Å². The maximum atomic E-state index is 12.7. The lowest BCUT2D eigenvalue weighted by Gasteiger charge is -2.21. The van der Waals surface area contributed by atoms with Crippen LogP contribution in [0.1, 0.15) is 40.1 Å². The molecule has 1 unspecified atom stereocenters. The minimum atomic E-state index is -1.60. The van der Waals surface area contributed by atoms with Gasteiger partial charge in [-0.05, 0) is 35.6 Å². The second kappa shape index (κ2) is 8.43. The molecule has 6 nitrogen and oxygen atoms in total. The molecule has 2 rings (SSSR count). The van der Waals surface area contributed by atoms with Gasteiger partial charge in [0, 0.05) is 11.1 Å². The fourth-order valence-corrected chi connectivity index (χ4v) is 2.45. The van der Waals surface area contributed by atoms with Crippen LogP contribution in [0.3, 0.4) is 0 Å². The molecule has 0 saturated heterocycles. The lowest BCUT2D eigenvalue weighted by atomic mass is 9.80. The van der Waals surface area contributed by atoms with Crippen LogP contribution in [0.25, 0.3) is 0 Å². The minimum absolute atomic E-state index is 0.138. The topological polar surface area (TPSA) is 110 Å². The Morgan fingerprint density at radius 1 is 1.00 bits per heavy atom. The monoisotopic (exact) mass is 350 g/mol.